The number of amides is 3. The molecule has 1 saturated heterocycles. The molecule has 0 saturated carbocycles. The summed E-state index contributed by atoms with van der Waals surface area (Å²) in [5.41, 5.74) is 1.86. The van der Waals surface area contributed by atoms with E-state index in [1.165, 1.54) is 18.2 Å². The van der Waals surface area contributed by atoms with Gasteiger partial charge in [-0.2, -0.15) is 0 Å². The molecule has 0 radical (unpaired) electrons. The van der Waals surface area contributed by atoms with Gasteiger partial charge in [-0.1, -0.05) is 0 Å². The van der Waals surface area contributed by atoms with Gasteiger partial charge in [-0.25, -0.2) is 19.0 Å². The molecule has 0 unspecified atom stereocenters. The fourth-order valence-electron chi connectivity index (χ4n) is 5.31. The zero-order valence-corrected chi connectivity index (χ0v) is 26.4. The minimum absolute atomic E-state index is 0.0494. The Hall–Kier alpha value is -4.72. The molecule has 46 heavy (non-hydrogen) atoms. The first-order chi connectivity index (χ1) is 22.0. The molecule has 3 amide bonds. The fourth-order valence-corrected chi connectivity index (χ4v) is 5.31. The van der Waals surface area contributed by atoms with Crippen molar-refractivity contribution >= 4 is 40.5 Å². The number of benzene rings is 1. The first-order valence-electron chi connectivity index (χ1n) is 15.2. The van der Waals surface area contributed by atoms with Gasteiger partial charge in [0.1, 0.15) is 28.8 Å². The second-order valence-corrected chi connectivity index (χ2v) is 12.1. The van der Waals surface area contributed by atoms with Crippen LogP contribution in [0.3, 0.4) is 0 Å². The average molecular weight is 639 g/mol. The van der Waals surface area contributed by atoms with E-state index in [9.17, 15) is 14.4 Å². The number of anilines is 2. The molecule has 2 aromatic heterocycles. The van der Waals surface area contributed by atoms with Crippen LogP contribution >= 0.6 is 0 Å². The van der Waals surface area contributed by atoms with Gasteiger partial charge in [-0.3, -0.25) is 19.6 Å². The number of nitrogens with one attached hydrogen (secondary N) is 2. The van der Waals surface area contributed by atoms with Crippen LogP contribution in [0.25, 0.3) is 11.0 Å². The average Bonchev–Trinajstić information content (AvgIpc) is 3.38. The topological polar surface area (TPSA) is 144 Å². The van der Waals surface area contributed by atoms with E-state index in [1.807, 2.05) is 0 Å². The molecule has 3 aromatic rings. The Balaban J connectivity index is 1.22. The minimum atomic E-state index is -0.604. The quantitative estimate of drug-likeness (QED) is 0.270. The molecular formula is C32H39FN6O7. The largest absolute Gasteiger partial charge is 0.482 e. The van der Waals surface area contributed by atoms with Gasteiger partial charge in [0, 0.05) is 37.0 Å². The lowest BCUT2D eigenvalue weighted by molar-refractivity contribution is -0.118. The third kappa shape index (κ3) is 8.30. The van der Waals surface area contributed by atoms with Crippen LogP contribution in [0, 0.1) is 5.82 Å². The molecule has 246 valence electrons. The molecule has 2 N–H and O–H groups in total. The number of rotatable bonds is 12. The molecule has 1 fully saturated rings. The molecule has 1 aromatic carbocycles. The summed E-state index contributed by atoms with van der Waals surface area (Å²) in [6, 6.07) is 8.58. The van der Waals surface area contributed by atoms with Crippen molar-refractivity contribution in [1.82, 2.24) is 20.2 Å². The first kappa shape index (κ1) is 32.7. The lowest BCUT2D eigenvalue weighted by Gasteiger charge is -2.24. The molecule has 14 heteroatoms. The lowest BCUT2D eigenvalue weighted by Crippen LogP contribution is -2.35. The molecule has 0 bridgehead atoms. The molecule has 2 aliphatic heterocycles. The van der Waals surface area contributed by atoms with Crippen LogP contribution in [0.1, 0.15) is 45.6 Å². The van der Waals surface area contributed by atoms with E-state index in [2.05, 4.69) is 25.5 Å². The summed E-state index contributed by atoms with van der Waals surface area (Å²) >= 11 is 0. The molecule has 4 heterocycles. The molecular weight excluding hydrogens is 599 g/mol. The van der Waals surface area contributed by atoms with Crippen LogP contribution in [0.5, 0.6) is 11.6 Å². The molecule has 2 aliphatic rings. The second kappa shape index (κ2) is 14.1. The number of cyclic esters (lactones) is 1. The minimum Gasteiger partial charge on any atom is -0.482 e. The molecule has 0 aliphatic carbocycles. The number of hydrogen-bond donors (Lipinski definition) is 2. The number of nitrogens with zero attached hydrogens (tertiary/aromatic N) is 4. The van der Waals surface area contributed by atoms with Crippen LogP contribution in [0.15, 0.2) is 36.5 Å². The Morgan fingerprint density at radius 1 is 1.20 bits per heavy atom. The third-order valence-corrected chi connectivity index (χ3v) is 7.43. The molecule has 13 nitrogen and oxygen atoms in total. The highest BCUT2D eigenvalue weighted by molar-refractivity contribution is 5.97. The number of carbonyl (C=O) groups excluding carboxylic acids is 3. The van der Waals surface area contributed by atoms with E-state index in [0.29, 0.717) is 85.0 Å². The summed E-state index contributed by atoms with van der Waals surface area (Å²) < 4.78 is 36.8. The summed E-state index contributed by atoms with van der Waals surface area (Å²) in [7, 11) is 1.50. The van der Waals surface area contributed by atoms with Gasteiger partial charge >= 0.3 is 12.2 Å². The SMILES string of the molecule is COc1ccc2ncc(F)c(CN(CCCNC(=O)OC(C)(C)C)CCC[C@@H]3CN(c4ccc5c(c4)NC(=O)CO5)C(=O)O3)c2n1. The molecule has 1 atom stereocenters. The summed E-state index contributed by atoms with van der Waals surface area (Å²) in [6.45, 7) is 7.42. The van der Waals surface area contributed by atoms with E-state index < -0.39 is 23.6 Å². The number of methoxy groups -OCH3 is 1. The van der Waals surface area contributed by atoms with Crippen LogP contribution in [-0.2, 0) is 20.8 Å². The van der Waals surface area contributed by atoms with Gasteiger partial charge < -0.3 is 29.6 Å². The van der Waals surface area contributed by atoms with Crippen molar-refractivity contribution in [2.24, 2.45) is 0 Å². The van der Waals surface area contributed by atoms with E-state index in [0.717, 1.165) is 0 Å². The number of alkyl carbamates (subject to hydrolysis) is 1. The maximum absolute atomic E-state index is 15.2. The zero-order valence-electron chi connectivity index (χ0n) is 26.4. The highest BCUT2D eigenvalue weighted by atomic mass is 19.1. The number of ether oxygens (including phenoxy) is 4. The number of carbonyl (C=O) groups is 3. The molecule has 0 spiro atoms. The summed E-state index contributed by atoms with van der Waals surface area (Å²) in [5.74, 6) is 0.167. The number of halogens is 1. The Kier molecular flexibility index (Phi) is 10.0. The highest BCUT2D eigenvalue weighted by Gasteiger charge is 2.33. The Labute approximate surface area is 266 Å². The van der Waals surface area contributed by atoms with E-state index in [-0.39, 0.29) is 25.2 Å². The maximum Gasteiger partial charge on any atom is 0.414 e. The van der Waals surface area contributed by atoms with E-state index in [4.69, 9.17) is 18.9 Å². The normalized spacial score (nSPS) is 16.1. The Bertz CT molecular complexity index is 1600. The second-order valence-electron chi connectivity index (χ2n) is 12.1. The zero-order chi connectivity index (χ0) is 32.8. The summed E-state index contributed by atoms with van der Waals surface area (Å²) in [5, 5.41) is 5.52. The van der Waals surface area contributed by atoms with Crippen molar-refractivity contribution in [3.8, 4) is 11.6 Å². The highest BCUT2D eigenvalue weighted by Crippen LogP contribution is 2.34. The van der Waals surface area contributed by atoms with Crippen molar-refractivity contribution in [2.75, 3.05) is 50.1 Å². The maximum atomic E-state index is 15.2. The van der Waals surface area contributed by atoms with Crippen molar-refractivity contribution in [3.63, 3.8) is 0 Å². The number of hydrogen-bond acceptors (Lipinski definition) is 10. The number of aromatic nitrogens is 2. The standard InChI is InChI=1S/C32H39FN6O7/c1-32(2,3)46-30(41)34-12-6-14-38(18-22-23(33)16-35-24-9-11-28(43-4)37-29(22)24)13-5-7-21-17-39(31(42)45-21)20-8-10-26-25(15-20)36-27(40)19-44-26/h8-11,15-16,21H,5-7,12-14,17-19H2,1-4H3,(H,34,41)(H,36,40)/t21-/m1/s1. The van der Waals surface area contributed by atoms with Crippen molar-refractivity contribution in [1.29, 1.82) is 0 Å². The van der Waals surface area contributed by atoms with Crippen molar-refractivity contribution in [2.45, 2.75) is 58.3 Å². The first-order valence-corrected chi connectivity index (χ1v) is 15.2. The molecule has 5 rings (SSSR count). The fraction of sp³-hybridized carbons (Fsp3) is 0.469. The van der Waals surface area contributed by atoms with Gasteiger partial charge in [0.05, 0.1) is 31.1 Å². The number of fused-ring (bicyclic) bond motifs is 2. The van der Waals surface area contributed by atoms with Gasteiger partial charge in [-0.15, -0.1) is 0 Å². The van der Waals surface area contributed by atoms with Gasteiger partial charge in [0.25, 0.3) is 5.91 Å². The smallest absolute Gasteiger partial charge is 0.414 e. The predicted octanol–water partition coefficient (Wildman–Crippen LogP) is 4.63. The van der Waals surface area contributed by atoms with Crippen LogP contribution < -0.4 is 25.0 Å². The number of pyridine rings is 2. The van der Waals surface area contributed by atoms with Crippen molar-refractivity contribution < 1.29 is 37.7 Å². The van der Waals surface area contributed by atoms with E-state index in [1.54, 1.807) is 51.1 Å². The Morgan fingerprint density at radius 3 is 2.78 bits per heavy atom. The van der Waals surface area contributed by atoms with Gasteiger partial charge in [-0.05, 0) is 70.8 Å². The lowest BCUT2D eigenvalue weighted by atomic mass is 10.1. The van der Waals surface area contributed by atoms with Crippen LogP contribution in [0.2, 0.25) is 0 Å². The van der Waals surface area contributed by atoms with Crippen LogP contribution in [0.4, 0.5) is 25.4 Å². The van der Waals surface area contributed by atoms with Gasteiger partial charge in [0.2, 0.25) is 5.88 Å². The third-order valence-electron chi connectivity index (χ3n) is 7.43. The summed E-state index contributed by atoms with van der Waals surface area (Å²) in [6.07, 6.45) is 1.69. The van der Waals surface area contributed by atoms with Crippen molar-refractivity contribution in [3.05, 3.63) is 47.9 Å². The van der Waals surface area contributed by atoms with Crippen LogP contribution in [-0.4, -0.2) is 84.6 Å². The Morgan fingerprint density at radius 2 is 2.00 bits per heavy atom. The van der Waals surface area contributed by atoms with E-state index >= 15 is 4.39 Å². The predicted molar refractivity (Wildman–Crippen MR) is 168 cm³/mol. The summed E-state index contributed by atoms with van der Waals surface area (Å²) in [4.78, 5) is 48.8. The monoisotopic (exact) mass is 638 g/mol. The van der Waals surface area contributed by atoms with Gasteiger partial charge in [0.15, 0.2) is 6.61 Å².